The van der Waals surface area contributed by atoms with E-state index in [1.54, 1.807) is 0 Å². The Kier molecular flexibility index (Phi) is 8.04. The minimum atomic E-state index is 0.354. The number of hydrogen-bond acceptors (Lipinski definition) is 2. The maximum absolute atomic E-state index is 5.71. The van der Waals surface area contributed by atoms with Gasteiger partial charge < -0.3 is 10.1 Å². The van der Waals surface area contributed by atoms with Crippen molar-refractivity contribution in [2.24, 2.45) is 17.3 Å². The molecule has 0 bridgehead atoms. The van der Waals surface area contributed by atoms with Gasteiger partial charge in [-0.3, -0.25) is 0 Å². The fourth-order valence-corrected chi connectivity index (χ4v) is 1.71. The molecule has 0 saturated heterocycles. The van der Waals surface area contributed by atoms with Gasteiger partial charge in [-0.15, -0.1) is 0 Å². The molecule has 0 aliphatic heterocycles. The second kappa shape index (κ2) is 8.08. The van der Waals surface area contributed by atoms with Gasteiger partial charge in [0.1, 0.15) is 0 Å². The van der Waals surface area contributed by atoms with Crippen molar-refractivity contribution in [2.45, 2.75) is 47.5 Å². The zero-order chi connectivity index (χ0) is 12.6. The number of nitrogens with one attached hydrogen (secondary N) is 1. The van der Waals surface area contributed by atoms with Crippen LogP contribution in [0.15, 0.2) is 0 Å². The third kappa shape index (κ3) is 6.49. The molecule has 0 aromatic carbocycles. The molecule has 0 fully saturated rings. The monoisotopic (exact) mass is 229 g/mol. The summed E-state index contributed by atoms with van der Waals surface area (Å²) in [5.74, 6) is 1.43. The van der Waals surface area contributed by atoms with E-state index < -0.39 is 0 Å². The number of ether oxygens (including phenoxy) is 1. The summed E-state index contributed by atoms with van der Waals surface area (Å²) in [6.07, 6.45) is 2.31. The van der Waals surface area contributed by atoms with Gasteiger partial charge in [0.25, 0.3) is 0 Å². The molecule has 0 heterocycles. The minimum Gasteiger partial charge on any atom is -0.381 e. The Balaban J connectivity index is 3.77. The fourth-order valence-electron chi connectivity index (χ4n) is 1.71. The van der Waals surface area contributed by atoms with Gasteiger partial charge in [0, 0.05) is 19.8 Å². The molecule has 0 spiro atoms. The summed E-state index contributed by atoms with van der Waals surface area (Å²) in [6, 6.07) is 0. The number of rotatable bonds is 9. The molecule has 0 radical (unpaired) electrons. The molecule has 0 aliphatic rings. The van der Waals surface area contributed by atoms with Crippen LogP contribution in [0.2, 0.25) is 0 Å². The van der Waals surface area contributed by atoms with Crippen LogP contribution in [0.3, 0.4) is 0 Å². The first-order valence-electron chi connectivity index (χ1n) is 6.64. The van der Waals surface area contributed by atoms with E-state index in [2.05, 4.69) is 39.9 Å². The van der Waals surface area contributed by atoms with Crippen molar-refractivity contribution in [1.82, 2.24) is 5.32 Å². The maximum Gasteiger partial charge on any atom is 0.0471 e. The van der Waals surface area contributed by atoms with Crippen LogP contribution in [0.1, 0.15) is 47.5 Å². The van der Waals surface area contributed by atoms with Gasteiger partial charge in [0.15, 0.2) is 0 Å². The van der Waals surface area contributed by atoms with Gasteiger partial charge in [-0.2, -0.15) is 0 Å². The lowest BCUT2D eigenvalue weighted by atomic mass is 9.76. The maximum atomic E-state index is 5.71. The van der Waals surface area contributed by atoms with Gasteiger partial charge in [-0.1, -0.05) is 34.6 Å². The number of hydrogen-bond donors (Lipinski definition) is 1. The van der Waals surface area contributed by atoms with Crippen molar-refractivity contribution in [3.8, 4) is 0 Å². The summed E-state index contributed by atoms with van der Waals surface area (Å²) in [5, 5.41) is 3.29. The first-order chi connectivity index (χ1) is 7.42. The van der Waals surface area contributed by atoms with Gasteiger partial charge in [0.2, 0.25) is 0 Å². The molecule has 0 aliphatic carbocycles. The van der Waals surface area contributed by atoms with Gasteiger partial charge in [-0.05, 0) is 37.1 Å². The summed E-state index contributed by atoms with van der Waals surface area (Å²) in [4.78, 5) is 0. The fraction of sp³-hybridized carbons (Fsp3) is 1.00. The van der Waals surface area contributed by atoms with Crippen LogP contribution in [0.4, 0.5) is 0 Å². The van der Waals surface area contributed by atoms with E-state index in [0.717, 1.165) is 32.1 Å². The minimum absolute atomic E-state index is 0.354. The highest BCUT2D eigenvalue weighted by Gasteiger charge is 2.26. The zero-order valence-corrected chi connectivity index (χ0v) is 12.1. The molecule has 2 nitrogen and oxygen atoms in total. The summed E-state index contributed by atoms with van der Waals surface area (Å²) >= 11 is 0. The Morgan fingerprint density at radius 2 is 1.75 bits per heavy atom. The molecule has 16 heavy (non-hydrogen) atoms. The summed E-state index contributed by atoms with van der Waals surface area (Å²) in [6.45, 7) is 14.3. The molecule has 0 amide bonds. The molecule has 0 saturated carbocycles. The van der Waals surface area contributed by atoms with Crippen LogP contribution in [-0.2, 0) is 4.74 Å². The Bertz CT molecular complexity index is 168. The molecular weight excluding hydrogens is 198 g/mol. The standard InChI is InChI=1S/C14H31NO/c1-12(2)7-9-16-10-8-14(5,11-15-6)13(3)4/h12-13,15H,7-11H2,1-6H3. The Labute approximate surface area is 102 Å². The van der Waals surface area contributed by atoms with Crippen LogP contribution in [-0.4, -0.2) is 26.8 Å². The summed E-state index contributed by atoms with van der Waals surface area (Å²) in [7, 11) is 2.03. The molecule has 2 heteroatoms. The Hall–Kier alpha value is -0.0800. The van der Waals surface area contributed by atoms with Crippen molar-refractivity contribution in [3.05, 3.63) is 0 Å². The lowest BCUT2D eigenvalue weighted by Crippen LogP contribution is -2.35. The Morgan fingerprint density at radius 3 is 2.19 bits per heavy atom. The van der Waals surface area contributed by atoms with Crippen LogP contribution < -0.4 is 5.32 Å². The smallest absolute Gasteiger partial charge is 0.0471 e. The lowest BCUT2D eigenvalue weighted by Gasteiger charge is -2.33. The molecule has 98 valence electrons. The van der Waals surface area contributed by atoms with E-state index in [0.29, 0.717) is 11.3 Å². The predicted molar refractivity (Wildman–Crippen MR) is 71.8 cm³/mol. The average molecular weight is 229 g/mol. The van der Waals surface area contributed by atoms with E-state index in [4.69, 9.17) is 4.74 Å². The van der Waals surface area contributed by atoms with Crippen molar-refractivity contribution in [3.63, 3.8) is 0 Å². The van der Waals surface area contributed by atoms with E-state index in [1.807, 2.05) is 7.05 Å². The molecule has 1 N–H and O–H groups in total. The van der Waals surface area contributed by atoms with Crippen molar-refractivity contribution < 1.29 is 4.74 Å². The van der Waals surface area contributed by atoms with E-state index in [9.17, 15) is 0 Å². The van der Waals surface area contributed by atoms with E-state index in [1.165, 1.54) is 6.42 Å². The normalized spacial score (nSPS) is 15.8. The van der Waals surface area contributed by atoms with Crippen LogP contribution in [0.5, 0.6) is 0 Å². The van der Waals surface area contributed by atoms with Gasteiger partial charge in [0.05, 0.1) is 0 Å². The highest BCUT2D eigenvalue weighted by Crippen LogP contribution is 2.30. The molecule has 0 aromatic rings. The van der Waals surface area contributed by atoms with Crippen LogP contribution in [0, 0.1) is 17.3 Å². The topological polar surface area (TPSA) is 21.3 Å². The summed E-state index contributed by atoms with van der Waals surface area (Å²) < 4.78 is 5.71. The van der Waals surface area contributed by atoms with Crippen LogP contribution in [0.25, 0.3) is 0 Å². The van der Waals surface area contributed by atoms with Crippen molar-refractivity contribution >= 4 is 0 Å². The third-order valence-electron chi connectivity index (χ3n) is 3.63. The Morgan fingerprint density at radius 1 is 1.12 bits per heavy atom. The third-order valence-corrected chi connectivity index (χ3v) is 3.63. The first kappa shape index (κ1) is 15.9. The van der Waals surface area contributed by atoms with Crippen molar-refractivity contribution in [1.29, 1.82) is 0 Å². The molecule has 1 unspecified atom stereocenters. The lowest BCUT2D eigenvalue weighted by molar-refractivity contribution is 0.0744. The molecule has 1 atom stereocenters. The van der Waals surface area contributed by atoms with E-state index >= 15 is 0 Å². The second-order valence-electron chi connectivity index (χ2n) is 5.88. The molecular formula is C14H31NO. The molecule has 0 rings (SSSR count). The molecule has 0 aromatic heterocycles. The van der Waals surface area contributed by atoms with E-state index in [-0.39, 0.29) is 0 Å². The predicted octanol–water partition coefficient (Wildman–Crippen LogP) is 3.32. The zero-order valence-electron chi connectivity index (χ0n) is 12.1. The highest BCUT2D eigenvalue weighted by molar-refractivity contribution is 4.79. The highest BCUT2D eigenvalue weighted by atomic mass is 16.5. The van der Waals surface area contributed by atoms with Crippen molar-refractivity contribution in [2.75, 3.05) is 26.8 Å². The quantitative estimate of drug-likeness (QED) is 0.612. The average Bonchev–Trinajstić information content (AvgIpc) is 2.17. The van der Waals surface area contributed by atoms with Crippen LogP contribution >= 0.6 is 0 Å². The summed E-state index contributed by atoms with van der Waals surface area (Å²) in [5.41, 5.74) is 0.354. The van der Waals surface area contributed by atoms with Gasteiger partial charge in [-0.25, -0.2) is 0 Å². The first-order valence-corrected chi connectivity index (χ1v) is 6.64. The largest absolute Gasteiger partial charge is 0.381 e. The SMILES string of the molecule is CNCC(C)(CCOCCC(C)C)C(C)C. The van der Waals surface area contributed by atoms with Gasteiger partial charge >= 0.3 is 0 Å². The second-order valence-corrected chi connectivity index (χ2v) is 5.88.